The summed E-state index contributed by atoms with van der Waals surface area (Å²) < 4.78 is 27.1. The second-order valence-corrected chi connectivity index (χ2v) is 11.2. The van der Waals surface area contributed by atoms with Crippen LogP contribution in [0.3, 0.4) is 0 Å². The van der Waals surface area contributed by atoms with Crippen LogP contribution >= 0.6 is 0 Å². The van der Waals surface area contributed by atoms with E-state index in [1.807, 2.05) is 25.2 Å². The van der Waals surface area contributed by atoms with Gasteiger partial charge in [-0.1, -0.05) is 54.6 Å². The van der Waals surface area contributed by atoms with E-state index < -0.39 is 10.8 Å². The Labute approximate surface area is 235 Å². The topological polar surface area (TPSA) is 69.7 Å². The molecule has 0 fully saturated rings. The van der Waals surface area contributed by atoms with Gasteiger partial charge in [0.15, 0.2) is 0 Å². The van der Waals surface area contributed by atoms with E-state index in [-0.39, 0.29) is 24.2 Å². The smallest absolute Gasteiger partial charge is 0.259 e. The molecule has 4 aromatic carbocycles. The molecule has 0 saturated heterocycles. The van der Waals surface area contributed by atoms with Crippen LogP contribution in [0.25, 0.3) is 0 Å². The van der Waals surface area contributed by atoms with Crippen molar-refractivity contribution in [3.63, 3.8) is 0 Å². The SMILES string of the molecule is CN(CCNC(=O)c1ccc2c(c1)N(Cc1ccc(F)cc1)C(=O)c1ccccc1S2=O)CCc1ccccc1. The Kier molecular flexibility index (Phi) is 8.48. The average Bonchev–Trinajstić information content (AvgIpc) is 3.07. The number of benzene rings is 4. The largest absolute Gasteiger partial charge is 0.351 e. The van der Waals surface area contributed by atoms with Gasteiger partial charge in [-0.25, -0.2) is 8.60 Å². The lowest BCUT2D eigenvalue weighted by molar-refractivity contribution is 0.0946. The van der Waals surface area contributed by atoms with E-state index in [1.165, 1.54) is 22.6 Å². The first-order chi connectivity index (χ1) is 19.4. The van der Waals surface area contributed by atoms with Crippen molar-refractivity contribution in [2.75, 3.05) is 31.6 Å². The van der Waals surface area contributed by atoms with Crippen LogP contribution in [-0.4, -0.2) is 47.6 Å². The molecule has 0 saturated carbocycles. The van der Waals surface area contributed by atoms with Crippen LogP contribution in [0.1, 0.15) is 31.8 Å². The van der Waals surface area contributed by atoms with Gasteiger partial charge in [0.05, 0.1) is 38.4 Å². The molecular weight excluding hydrogens is 525 g/mol. The number of carbonyl (C=O) groups is 2. The summed E-state index contributed by atoms with van der Waals surface area (Å²) in [6.07, 6.45) is 0.924. The molecule has 0 aliphatic carbocycles. The second kappa shape index (κ2) is 12.4. The highest BCUT2D eigenvalue weighted by atomic mass is 32.2. The minimum absolute atomic E-state index is 0.134. The predicted octanol–water partition coefficient (Wildman–Crippen LogP) is 5.06. The van der Waals surface area contributed by atoms with Crippen molar-refractivity contribution in [3.8, 4) is 0 Å². The van der Waals surface area contributed by atoms with Crippen molar-refractivity contribution in [3.05, 3.63) is 125 Å². The second-order valence-electron chi connectivity index (χ2n) is 9.76. The lowest BCUT2D eigenvalue weighted by Crippen LogP contribution is -2.34. The molecule has 1 atom stereocenters. The Morgan fingerprint density at radius 1 is 0.875 bits per heavy atom. The van der Waals surface area contributed by atoms with Gasteiger partial charge in [-0.3, -0.25) is 9.59 Å². The number of nitrogens with one attached hydrogen (secondary N) is 1. The lowest BCUT2D eigenvalue weighted by Gasteiger charge is -2.24. The Hall–Kier alpha value is -4.14. The minimum atomic E-state index is -1.62. The molecule has 4 aromatic rings. The van der Waals surface area contributed by atoms with Crippen LogP contribution < -0.4 is 10.2 Å². The van der Waals surface area contributed by atoms with Crippen LogP contribution in [0.4, 0.5) is 10.1 Å². The third-order valence-corrected chi connectivity index (χ3v) is 8.43. The first-order valence-electron chi connectivity index (χ1n) is 13.1. The molecular formula is C32H30FN3O3S. The van der Waals surface area contributed by atoms with Crippen molar-refractivity contribution >= 4 is 28.3 Å². The van der Waals surface area contributed by atoms with E-state index in [0.29, 0.717) is 45.3 Å². The highest BCUT2D eigenvalue weighted by Gasteiger charge is 2.31. The zero-order valence-corrected chi connectivity index (χ0v) is 23.0. The van der Waals surface area contributed by atoms with Gasteiger partial charge in [-0.15, -0.1) is 0 Å². The van der Waals surface area contributed by atoms with Crippen molar-refractivity contribution < 1.29 is 18.2 Å². The maximum absolute atomic E-state index is 13.7. The molecule has 204 valence electrons. The van der Waals surface area contributed by atoms with Gasteiger partial charge < -0.3 is 15.1 Å². The zero-order valence-electron chi connectivity index (χ0n) is 22.2. The molecule has 1 aliphatic heterocycles. The highest BCUT2D eigenvalue weighted by molar-refractivity contribution is 7.85. The summed E-state index contributed by atoms with van der Waals surface area (Å²) in [5, 5.41) is 2.96. The maximum Gasteiger partial charge on any atom is 0.259 e. The third-order valence-electron chi connectivity index (χ3n) is 6.93. The number of hydrogen-bond acceptors (Lipinski definition) is 4. The van der Waals surface area contributed by atoms with E-state index in [9.17, 15) is 18.2 Å². The van der Waals surface area contributed by atoms with Crippen LogP contribution in [-0.2, 0) is 23.8 Å². The summed E-state index contributed by atoms with van der Waals surface area (Å²) in [6, 6.07) is 27.9. The summed E-state index contributed by atoms with van der Waals surface area (Å²) in [7, 11) is 0.395. The molecule has 6 nitrogen and oxygen atoms in total. The molecule has 0 bridgehead atoms. The van der Waals surface area contributed by atoms with E-state index in [1.54, 1.807) is 54.6 Å². The Balaban J connectivity index is 1.34. The monoisotopic (exact) mass is 555 g/mol. The fourth-order valence-corrected chi connectivity index (χ4v) is 6.02. The molecule has 1 aliphatic rings. The van der Waals surface area contributed by atoms with Crippen molar-refractivity contribution in [1.29, 1.82) is 0 Å². The highest BCUT2D eigenvalue weighted by Crippen LogP contribution is 2.36. The fourth-order valence-electron chi connectivity index (χ4n) is 4.67. The van der Waals surface area contributed by atoms with Gasteiger partial charge in [0.25, 0.3) is 11.8 Å². The summed E-state index contributed by atoms with van der Waals surface area (Å²) in [5.74, 6) is -0.979. The van der Waals surface area contributed by atoms with Crippen LogP contribution in [0.5, 0.6) is 0 Å². The van der Waals surface area contributed by atoms with Gasteiger partial charge in [-0.2, -0.15) is 0 Å². The molecule has 1 heterocycles. The minimum Gasteiger partial charge on any atom is -0.351 e. The summed E-state index contributed by atoms with van der Waals surface area (Å²) in [6.45, 7) is 2.13. The predicted molar refractivity (Wildman–Crippen MR) is 154 cm³/mol. The normalized spacial score (nSPS) is 14.4. The molecule has 1 N–H and O–H groups in total. The Morgan fingerprint density at radius 2 is 1.60 bits per heavy atom. The first kappa shape index (κ1) is 27.4. The molecule has 40 heavy (non-hydrogen) atoms. The third kappa shape index (κ3) is 6.19. The summed E-state index contributed by atoms with van der Waals surface area (Å²) >= 11 is 0. The maximum atomic E-state index is 13.7. The Morgan fingerprint density at radius 3 is 2.38 bits per heavy atom. The number of amides is 2. The summed E-state index contributed by atoms with van der Waals surface area (Å²) in [4.78, 5) is 31.4. The molecule has 0 radical (unpaired) electrons. The molecule has 8 heteroatoms. The average molecular weight is 556 g/mol. The van der Waals surface area contributed by atoms with E-state index in [2.05, 4.69) is 22.3 Å². The van der Waals surface area contributed by atoms with E-state index in [4.69, 9.17) is 0 Å². The molecule has 2 amide bonds. The fraction of sp³-hybridized carbons (Fsp3) is 0.188. The molecule has 5 rings (SSSR count). The van der Waals surface area contributed by atoms with Crippen LogP contribution in [0, 0.1) is 5.82 Å². The standard InChI is InChI=1S/C32H30FN3O3S/c1-35(19-17-23-7-3-2-4-8-23)20-18-34-31(37)25-13-16-30-28(21-25)36(22-24-11-14-26(33)15-12-24)32(38)27-9-5-6-10-29(27)40(30)39/h2-16,21H,17-20,22H2,1H3,(H,34,37). The number of halogens is 1. The van der Waals surface area contributed by atoms with E-state index in [0.717, 1.165) is 13.0 Å². The van der Waals surface area contributed by atoms with Crippen molar-refractivity contribution in [2.45, 2.75) is 22.8 Å². The number of anilines is 1. The number of hydrogen-bond donors (Lipinski definition) is 1. The van der Waals surface area contributed by atoms with Gasteiger partial charge >= 0.3 is 0 Å². The van der Waals surface area contributed by atoms with Gasteiger partial charge in [0.2, 0.25) is 0 Å². The van der Waals surface area contributed by atoms with Gasteiger partial charge in [0, 0.05) is 25.2 Å². The van der Waals surface area contributed by atoms with Crippen LogP contribution in [0.15, 0.2) is 107 Å². The number of likely N-dealkylation sites (N-methyl/N-ethyl adjacent to an activating group) is 1. The number of rotatable bonds is 9. The molecule has 0 aromatic heterocycles. The number of carbonyl (C=O) groups excluding carboxylic acids is 2. The zero-order chi connectivity index (χ0) is 28.1. The first-order valence-corrected chi connectivity index (χ1v) is 14.3. The number of nitrogens with zero attached hydrogens (tertiary/aromatic N) is 2. The molecule has 1 unspecified atom stereocenters. The quantitative estimate of drug-likeness (QED) is 0.314. The van der Waals surface area contributed by atoms with Gasteiger partial charge in [-0.05, 0) is 67.1 Å². The van der Waals surface area contributed by atoms with Crippen LogP contribution in [0.2, 0.25) is 0 Å². The van der Waals surface area contributed by atoms with Gasteiger partial charge in [0.1, 0.15) is 5.82 Å². The molecule has 0 spiro atoms. The summed E-state index contributed by atoms with van der Waals surface area (Å²) in [5.41, 5.74) is 3.08. The van der Waals surface area contributed by atoms with Crippen molar-refractivity contribution in [2.24, 2.45) is 0 Å². The van der Waals surface area contributed by atoms with E-state index >= 15 is 0 Å². The van der Waals surface area contributed by atoms with Crippen molar-refractivity contribution in [1.82, 2.24) is 10.2 Å². The number of fused-ring (bicyclic) bond motifs is 2. The Bertz CT molecular complexity index is 1540. The lowest BCUT2D eigenvalue weighted by atomic mass is 10.1.